The minimum absolute atomic E-state index is 0.131. The summed E-state index contributed by atoms with van der Waals surface area (Å²) in [7, 11) is 0. The summed E-state index contributed by atoms with van der Waals surface area (Å²) >= 11 is 0. The summed E-state index contributed by atoms with van der Waals surface area (Å²) in [5.74, 6) is 0.454. The Labute approximate surface area is 176 Å². The molecule has 0 spiro atoms. The van der Waals surface area contributed by atoms with Crippen molar-refractivity contribution in [1.29, 1.82) is 5.26 Å². The van der Waals surface area contributed by atoms with E-state index in [1.165, 1.54) is 10.8 Å². The highest BCUT2D eigenvalue weighted by Gasteiger charge is 2.19. The smallest absolute Gasteiger partial charge is 0.262 e. The van der Waals surface area contributed by atoms with Crippen molar-refractivity contribution in [2.24, 2.45) is 0 Å². The van der Waals surface area contributed by atoms with Crippen LogP contribution in [0.4, 0.5) is 0 Å². The van der Waals surface area contributed by atoms with E-state index in [1.54, 1.807) is 6.08 Å². The van der Waals surface area contributed by atoms with Gasteiger partial charge in [-0.2, -0.15) is 5.26 Å². The number of carbonyl (C=O) groups excluding carboxylic acids is 1. The molecule has 1 N–H and O–H groups in total. The fraction of sp³-hybridized carbons (Fsp3) is 0.231. The minimum atomic E-state index is -0.291. The van der Waals surface area contributed by atoms with E-state index in [9.17, 15) is 10.1 Å². The number of rotatable bonds is 6. The van der Waals surface area contributed by atoms with Crippen molar-refractivity contribution < 1.29 is 9.53 Å². The number of benzene rings is 3. The maximum Gasteiger partial charge on any atom is 0.262 e. The van der Waals surface area contributed by atoms with Crippen molar-refractivity contribution in [1.82, 2.24) is 5.32 Å². The fourth-order valence-corrected chi connectivity index (χ4v) is 3.80. The molecule has 4 heteroatoms. The van der Waals surface area contributed by atoms with Gasteiger partial charge in [-0.25, -0.2) is 0 Å². The lowest BCUT2D eigenvalue weighted by atomic mass is 10.1. The van der Waals surface area contributed by atoms with Crippen LogP contribution in [0.3, 0.4) is 0 Å². The van der Waals surface area contributed by atoms with E-state index >= 15 is 0 Å². The van der Waals surface area contributed by atoms with E-state index in [-0.39, 0.29) is 17.5 Å². The lowest BCUT2D eigenvalue weighted by Gasteiger charge is -2.11. The van der Waals surface area contributed by atoms with E-state index in [1.807, 2.05) is 42.5 Å². The standard InChI is InChI=1S/C26H24N2O2/c27-17-23(26(29)28-24-7-3-4-8-24)15-19-10-13-25(14-11-19)30-18-20-9-12-21-5-1-2-6-22(21)16-20/h1-2,5-6,9-16,24H,3-4,7-8,18H2,(H,28,29)/b23-15-. The van der Waals surface area contributed by atoms with Crippen molar-refractivity contribution in [3.8, 4) is 11.8 Å². The molecule has 1 saturated carbocycles. The molecule has 1 fully saturated rings. The second-order valence-corrected chi connectivity index (χ2v) is 7.66. The summed E-state index contributed by atoms with van der Waals surface area (Å²) in [6, 6.07) is 24.2. The second-order valence-electron chi connectivity index (χ2n) is 7.66. The molecule has 4 nitrogen and oxygen atoms in total. The minimum Gasteiger partial charge on any atom is -0.489 e. The van der Waals surface area contributed by atoms with E-state index in [0.717, 1.165) is 42.6 Å². The first-order valence-corrected chi connectivity index (χ1v) is 10.3. The SMILES string of the molecule is N#C/C(=C/c1ccc(OCc2ccc3ccccc3c2)cc1)C(=O)NC1CCCC1. The molecule has 0 aliphatic heterocycles. The molecule has 0 heterocycles. The van der Waals surface area contributed by atoms with Crippen LogP contribution < -0.4 is 10.1 Å². The van der Waals surface area contributed by atoms with E-state index < -0.39 is 0 Å². The van der Waals surface area contributed by atoms with Crippen LogP contribution in [0.15, 0.2) is 72.3 Å². The molecule has 1 amide bonds. The highest BCUT2D eigenvalue weighted by atomic mass is 16.5. The molecule has 0 radical (unpaired) electrons. The first-order valence-electron chi connectivity index (χ1n) is 10.3. The van der Waals surface area contributed by atoms with Gasteiger partial charge in [0.2, 0.25) is 0 Å². The summed E-state index contributed by atoms with van der Waals surface area (Å²) in [4.78, 5) is 12.3. The third-order valence-electron chi connectivity index (χ3n) is 5.47. The first-order chi connectivity index (χ1) is 14.7. The van der Waals surface area contributed by atoms with Gasteiger partial charge in [0.05, 0.1) is 0 Å². The molecule has 4 rings (SSSR count). The lowest BCUT2D eigenvalue weighted by Crippen LogP contribution is -2.33. The van der Waals surface area contributed by atoms with Crippen LogP contribution in [0.25, 0.3) is 16.8 Å². The quantitative estimate of drug-likeness (QED) is 0.449. The zero-order valence-electron chi connectivity index (χ0n) is 16.8. The molecule has 0 atom stereocenters. The van der Waals surface area contributed by atoms with Gasteiger partial charge < -0.3 is 10.1 Å². The van der Waals surface area contributed by atoms with Crippen molar-refractivity contribution in [3.63, 3.8) is 0 Å². The zero-order valence-corrected chi connectivity index (χ0v) is 16.8. The summed E-state index contributed by atoms with van der Waals surface area (Å²) in [5.41, 5.74) is 2.03. The Morgan fingerprint density at radius 3 is 2.50 bits per heavy atom. The Morgan fingerprint density at radius 1 is 1.03 bits per heavy atom. The van der Waals surface area contributed by atoms with Gasteiger partial charge in [-0.1, -0.05) is 61.4 Å². The predicted octanol–water partition coefficient (Wildman–Crippen LogP) is 5.38. The maximum absolute atomic E-state index is 12.3. The Morgan fingerprint density at radius 2 is 1.77 bits per heavy atom. The Hall–Kier alpha value is -3.58. The van der Waals surface area contributed by atoms with Crippen molar-refractivity contribution in [2.75, 3.05) is 0 Å². The van der Waals surface area contributed by atoms with Crippen LogP contribution in [-0.2, 0) is 11.4 Å². The molecule has 150 valence electrons. The van der Waals surface area contributed by atoms with Gasteiger partial charge >= 0.3 is 0 Å². The van der Waals surface area contributed by atoms with Gasteiger partial charge in [-0.3, -0.25) is 4.79 Å². The molecule has 1 aliphatic carbocycles. The van der Waals surface area contributed by atoms with Crippen LogP contribution in [0, 0.1) is 11.3 Å². The molecule has 1 aliphatic rings. The molecular formula is C26H24N2O2. The number of nitriles is 1. The monoisotopic (exact) mass is 396 g/mol. The predicted molar refractivity (Wildman–Crippen MR) is 119 cm³/mol. The summed E-state index contributed by atoms with van der Waals surface area (Å²) in [5, 5.41) is 14.7. The Balaban J connectivity index is 1.38. The third kappa shape index (κ3) is 4.87. The third-order valence-corrected chi connectivity index (χ3v) is 5.47. The molecule has 3 aromatic rings. The lowest BCUT2D eigenvalue weighted by molar-refractivity contribution is -0.117. The van der Waals surface area contributed by atoms with Gasteiger partial charge in [0, 0.05) is 6.04 Å². The maximum atomic E-state index is 12.3. The number of amides is 1. The molecule has 0 aromatic heterocycles. The molecule has 3 aromatic carbocycles. The van der Waals surface area contributed by atoms with Gasteiger partial charge in [-0.15, -0.1) is 0 Å². The number of hydrogen-bond acceptors (Lipinski definition) is 3. The highest BCUT2D eigenvalue weighted by Crippen LogP contribution is 2.20. The summed E-state index contributed by atoms with van der Waals surface area (Å²) in [6.45, 7) is 0.479. The van der Waals surface area contributed by atoms with Gasteiger partial charge in [0.15, 0.2) is 0 Å². The topological polar surface area (TPSA) is 62.1 Å². The first kappa shape index (κ1) is 19.7. The number of nitrogens with one attached hydrogen (secondary N) is 1. The Bertz CT molecular complexity index is 1100. The molecule has 0 unspecified atom stereocenters. The molecule has 0 saturated heterocycles. The highest BCUT2D eigenvalue weighted by molar-refractivity contribution is 6.01. The Kier molecular flexibility index (Phi) is 6.10. The van der Waals surface area contributed by atoms with Gasteiger partial charge in [0.25, 0.3) is 5.91 Å². The van der Waals surface area contributed by atoms with Crippen molar-refractivity contribution in [3.05, 3.63) is 83.4 Å². The second kappa shape index (κ2) is 9.28. The average Bonchev–Trinajstić information content (AvgIpc) is 3.29. The van der Waals surface area contributed by atoms with Crippen molar-refractivity contribution >= 4 is 22.8 Å². The van der Waals surface area contributed by atoms with Crippen LogP contribution in [-0.4, -0.2) is 11.9 Å². The van der Waals surface area contributed by atoms with Crippen molar-refractivity contribution in [2.45, 2.75) is 38.3 Å². The van der Waals surface area contributed by atoms with Gasteiger partial charge in [0.1, 0.15) is 24.0 Å². The molecule has 0 bridgehead atoms. The normalized spacial score (nSPS) is 14.4. The number of carbonyl (C=O) groups is 1. The average molecular weight is 396 g/mol. The van der Waals surface area contributed by atoms with Gasteiger partial charge in [-0.05, 0) is 59.0 Å². The van der Waals surface area contributed by atoms with E-state index in [2.05, 4.69) is 35.6 Å². The number of hydrogen-bond donors (Lipinski definition) is 1. The summed E-state index contributed by atoms with van der Waals surface area (Å²) < 4.78 is 5.90. The molecule has 30 heavy (non-hydrogen) atoms. The zero-order chi connectivity index (χ0) is 20.8. The summed E-state index contributed by atoms with van der Waals surface area (Å²) in [6.07, 6.45) is 5.88. The van der Waals surface area contributed by atoms with E-state index in [4.69, 9.17) is 4.74 Å². The largest absolute Gasteiger partial charge is 0.489 e. The number of ether oxygens (including phenoxy) is 1. The van der Waals surface area contributed by atoms with E-state index in [0.29, 0.717) is 6.61 Å². The fourth-order valence-electron chi connectivity index (χ4n) is 3.80. The van der Waals surface area contributed by atoms with Crippen LogP contribution in [0.5, 0.6) is 5.75 Å². The van der Waals surface area contributed by atoms with Crippen LogP contribution in [0.1, 0.15) is 36.8 Å². The van der Waals surface area contributed by atoms with Crippen LogP contribution >= 0.6 is 0 Å². The molecular weight excluding hydrogens is 372 g/mol. The number of nitrogens with zero attached hydrogens (tertiary/aromatic N) is 1. The van der Waals surface area contributed by atoms with Crippen LogP contribution in [0.2, 0.25) is 0 Å². The number of fused-ring (bicyclic) bond motifs is 1.